The average Bonchev–Trinajstić information content (AvgIpc) is 2.98. The highest BCUT2D eigenvalue weighted by atomic mass is 31.2. The number of rotatable bonds is 9. The molecule has 7 nitrogen and oxygen atoms in total. The van der Waals surface area contributed by atoms with E-state index in [2.05, 4.69) is 0 Å². The van der Waals surface area contributed by atoms with Crippen LogP contribution < -0.4 is 0 Å². The van der Waals surface area contributed by atoms with Crippen LogP contribution in [-0.4, -0.2) is 41.5 Å². The maximum Gasteiger partial charge on any atom is 0.398 e. The van der Waals surface area contributed by atoms with Gasteiger partial charge in [0.2, 0.25) is 0 Å². The third-order valence-corrected chi connectivity index (χ3v) is 6.60. The molecule has 0 spiro atoms. The minimum absolute atomic E-state index is 0.00921. The van der Waals surface area contributed by atoms with Crippen LogP contribution in [0.4, 0.5) is 0 Å². The highest BCUT2D eigenvalue weighted by Gasteiger charge is 2.49. The van der Waals surface area contributed by atoms with E-state index in [0.29, 0.717) is 5.56 Å². The van der Waals surface area contributed by atoms with E-state index in [0.717, 1.165) is 4.90 Å². The van der Waals surface area contributed by atoms with Crippen LogP contribution in [0.3, 0.4) is 0 Å². The van der Waals surface area contributed by atoms with Crippen molar-refractivity contribution in [2.45, 2.75) is 26.3 Å². The van der Waals surface area contributed by atoms with Crippen molar-refractivity contribution in [2.75, 3.05) is 13.2 Å². The highest BCUT2D eigenvalue weighted by molar-refractivity contribution is 7.72. The van der Waals surface area contributed by atoms with Crippen LogP contribution in [0.15, 0.2) is 54.6 Å². The average molecular weight is 415 g/mol. The van der Waals surface area contributed by atoms with E-state index in [4.69, 9.17) is 9.05 Å². The first kappa shape index (κ1) is 21.1. The Morgan fingerprint density at radius 2 is 1.38 bits per heavy atom. The first-order valence-electron chi connectivity index (χ1n) is 9.37. The Kier molecular flexibility index (Phi) is 6.42. The molecule has 1 heterocycles. The van der Waals surface area contributed by atoms with Crippen LogP contribution in [0.2, 0.25) is 0 Å². The molecule has 0 N–H and O–H groups in total. The molecule has 0 unspecified atom stereocenters. The zero-order chi connectivity index (χ0) is 21.0. The third kappa shape index (κ3) is 4.08. The molecule has 0 saturated heterocycles. The number of nitrogens with zero attached hydrogens (tertiary/aromatic N) is 1. The number of carbonyl (C=O) groups is 3. The zero-order valence-electron chi connectivity index (χ0n) is 16.2. The summed E-state index contributed by atoms with van der Waals surface area (Å²) in [5.74, 6) is -1.20. The van der Waals surface area contributed by atoms with Gasteiger partial charge in [-0.15, -0.1) is 0 Å². The van der Waals surface area contributed by atoms with Gasteiger partial charge in [0.05, 0.1) is 24.3 Å². The maximum absolute atomic E-state index is 13.3. The molecular formula is C21H22NO6P. The summed E-state index contributed by atoms with van der Waals surface area (Å²) in [6, 6.07) is 14.0. The van der Waals surface area contributed by atoms with E-state index in [1.807, 2.05) is 6.07 Å². The smallest absolute Gasteiger partial charge is 0.303 e. The molecule has 0 aliphatic carbocycles. The predicted octanol–water partition coefficient (Wildman–Crippen LogP) is 3.69. The Morgan fingerprint density at radius 3 is 1.86 bits per heavy atom. The number of fused-ring (bicyclic) bond motifs is 1. The SMILES string of the molecule is CCOP(=O)(OCC)C(=O)[C@H](Cc1ccccc1)N1C(=O)c2ccccc2C1=O. The number of hydrogen-bond donors (Lipinski definition) is 0. The van der Waals surface area contributed by atoms with E-state index in [1.165, 1.54) is 12.1 Å². The van der Waals surface area contributed by atoms with Crippen molar-refractivity contribution < 1.29 is 28.0 Å². The third-order valence-electron chi connectivity index (χ3n) is 4.56. The van der Waals surface area contributed by atoms with E-state index in [-0.39, 0.29) is 30.8 Å². The molecule has 1 aliphatic heterocycles. The van der Waals surface area contributed by atoms with Gasteiger partial charge in [0.25, 0.3) is 17.3 Å². The standard InChI is InChI=1S/C21H22NO6P/c1-3-27-29(26,28-4-2)21(25)18(14-15-10-6-5-7-11-15)22-19(23)16-12-8-9-13-17(16)20(22)24/h5-13,18H,3-4,14H2,1-2H3/t18-/m0/s1. The second kappa shape index (κ2) is 8.82. The van der Waals surface area contributed by atoms with Crippen molar-refractivity contribution in [2.24, 2.45) is 0 Å². The summed E-state index contributed by atoms with van der Waals surface area (Å²) in [4.78, 5) is 40.1. The summed E-state index contributed by atoms with van der Waals surface area (Å²) < 4.78 is 23.5. The molecule has 1 aliphatic rings. The van der Waals surface area contributed by atoms with Gasteiger partial charge in [-0.1, -0.05) is 42.5 Å². The molecule has 0 radical (unpaired) electrons. The lowest BCUT2D eigenvalue weighted by Gasteiger charge is -2.28. The van der Waals surface area contributed by atoms with Gasteiger partial charge in [-0.05, 0) is 31.5 Å². The van der Waals surface area contributed by atoms with Gasteiger partial charge in [-0.25, -0.2) is 0 Å². The molecule has 2 aromatic rings. The topological polar surface area (TPSA) is 90.0 Å². The lowest BCUT2D eigenvalue weighted by atomic mass is 10.1. The molecule has 0 saturated carbocycles. The second-order valence-corrected chi connectivity index (χ2v) is 8.35. The summed E-state index contributed by atoms with van der Waals surface area (Å²) in [6.45, 7) is 3.16. The molecule has 152 valence electrons. The van der Waals surface area contributed by atoms with Crippen LogP contribution in [0.1, 0.15) is 40.1 Å². The Bertz CT molecular complexity index is 929. The van der Waals surface area contributed by atoms with Crippen LogP contribution in [0, 0.1) is 0 Å². The number of benzene rings is 2. The van der Waals surface area contributed by atoms with Gasteiger partial charge in [-0.2, -0.15) is 0 Å². The van der Waals surface area contributed by atoms with Crippen LogP contribution in [0.5, 0.6) is 0 Å². The molecule has 1 atom stereocenters. The normalized spacial score (nSPS) is 14.8. The molecule has 2 amide bonds. The number of amides is 2. The van der Waals surface area contributed by atoms with Crippen molar-refractivity contribution in [3.05, 3.63) is 71.3 Å². The molecule has 2 aromatic carbocycles. The minimum atomic E-state index is -4.19. The Hall–Kier alpha value is -2.60. The maximum atomic E-state index is 13.3. The first-order valence-corrected chi connectivity index (χ1v) is 10.9. The molecule has 0 aromatic heterocycles. The number of carbonyl (C=O) groups excluding carboxylic acids is 3. The molecule has 8 heteroatoms. The summed E-state index contributed by atoms with van der Waals surface area (Å²) in [5, 5.41) is 0. The molecule has 3 rings (SSSR count). The molecule has 0 bridgehead atoms. The molecule has 29 heavy (non-hydrogen) atoms. The monoisotopic (exact) mass is 415 g/mol. The summed E-state index contributed by atoms with van der Waals surface area (Å²) in [7, 11) is -4.19. The van der Waals surface area contributed by atoms with Crippen LogP contribution in [-0.2, 0) is 24.8 Å². The molecule has 0 fully saturated rings. The van der Waals surface area contributed by atoms with Crippen LogP contribution >= 0.6 is 7.60 Å². The largest absolute Gasteiger partial charge is 0.398 e. The lowest BCUT2D eigenvalue weighted by Crippen LogP contribution is -2.46. The fourth-order valence-electron chi connectivity index (χ4n) is 3.30. The summed E-state index contributed by atoms with van der Waals surface area (Å²) >= 11 is 0. The highest BCUT2D eigenvalue weighted by Crippen LogP contribution is 2.51. The second-order valence-electron chi connectivity index (χ2n) is 6.40. The summed E-state index contributed by atoms with van der Waals surface area (Å²) in [5.41, 5.74) is 0.235. The van der Waals surface area contributed by atoms with E-state index in [1.54, 1.807) is 50.2 Å². The minimum Gasteiger partial charge on any atom is -0.303 e. The van der Waals surface area contributed by atoms with Gasteiger partial charge in [-0.3, -0.25) is 23.8 Å². The van der Waals surface area contributed by atoms with Crippen molar-refractivity contribution >= 4 is 24.9 Å². The summed E-state index contributed by atoms with van der Waals surface area (Å²) in [6.07, 6.45) is 0.00921. The Labute approximate surface area is 169 Å². The van der Waals surface area contributed by atoms with Gasteiger partial charge >= 0.3 is 7.60 Å². The van der Waals surface area contributed by atoms with Crippen LogP contribution in [0.25, 0.3) is 0 Å². The fourth-order valence-corrected chi connectivity index (χ4v) is 4.88. The van der Waals surface area contributed by atoms with Crippen molar-refractivity contribution in [3.63, 3.8) is 0 Å². The predicted molar refractivity (Wildman–Crippen MR) is 107 cm³/mol. The Balaban J connectivity index is 2.05. The van der Waals surface area contributed by atoms with E-state index in [9.17, 15) is 18.9 Å². The van der Waals surface area contributed by atoms with Crippen molar-refractivity contribution in [1.29, 1.82) is 0 Å². The van der Waals surface area contributed by atoms with Gasteiger partial charge in [0.15, 0.2) is 0 Å². The first-order chi connectivity index (χ1) is 13.9. The van der Waals surface area contributed by atoms with Crippen molar-refractivity contribution in [1.82, 2.24) is 4.90 Å². The fraction of sp³-hybridized carbons (Fsp3) is 0.286. The molecular weight excluding hydrogens is 393 g/mol. The van der Waals surface area contributed by atoms with Gasteiger partial charge in [0, 0.05) is 6.42 Å². The quantitative estimate of drug-likeness (QED) is 0.458. The van der Waals surface area contributed by atoms with Gasteiger partial charge < -0.3 is 9.05 Å². The van der Waals surface area contributed by atoms with Gasteiger partial charge in [0.1, 0.15) is 6.04 Å². The number of hydrogen-bond acceptors (Lipinski definition) is 6. The Morgan fingerprint density at radius 1 is 0.897 bits per heavy atom. The van der Waals surface area contributed by atoms with E-state index < -0.39 is 31.0 Å². The zero-order valence-corrected chi connectivity index (χ0v) is 17.1. The van der Waals surface area contributed by atoms with E-state index >= 15 is 0 Å². The number of imide groups is 1. The van der Waals surface area contributed by atoms with Crippen molar-refractivity contribution in [3.8, 4) is 0 Å². The lowest BCUT2D eigenvalue weighted by molar-refractivity contribution is -0.117.